The Morgan fingerprint density at radius 2 is 1.78 bits per heavy atom. The van der Waals surface area contributed by atoms with Crippen LogP contribution in [-0.2, 0) is 17.5 Å². The summed E-state index contributed by atoms with van der Waals surface area (Å²) in [4.78, 5) is 14.3. The van der Waals surface area contributed by atoms with Gasteiger partial charge in [0.05, 0.1) is 18.3 Å². The van der Waals surface area contributed by atoms with Gasteiger partial charge in [0.2, 0.25) is 0 Å². The van der Waals surface area contributed by atoms with E-state index in [4.69, 9.17) is 4.74 Å². The van der Waals surface area contributed by atoms with Gasteiger partial charge in [0, 0.05) is 23.1 Å². The molecule has 1 saturated heterocycles. The van der Waals surface area contributed by atoms with Crippen molar-refractivity contribution in [1.29, 1.82) is 0 Å². The van der Waals surface area contributed by atoms with Crippen molar-refractivity contribution in [2.45, 2.75) is 31.7 Å². The highest BCUT2D eigenvalue weighted by atomic mass is 79.9. The average molecular weight is 442 g/mol. The fourth-order valence-electron chi connectivity index (χ4n) is 3.04. The van der Waals surface area contributed by atoms with Crippen molar-refractivity contribution >= 4 is 21.8 Å². The number of rotatable bonds is 4. The summed E-state index contributed by atoms with van der Waals surface area (Å²) in [5, 5.41) is 0. The van der Waals surface area contributed by atoms with Crippen LogP contribution in [0.3, 0.4) is 0 Å². The number of nitrogens with zero attached hydrogens (tertiary/aromatic N) is 1. The number of hydrogen-bond donors (Lipinski definition) is 0. The third-order valence-electron chi connectivity index (χ3n) is 4.52. The summed E-state index contributed by atoms with van der Waals surface area (Å²) in [5.41, 5.74) is 0.550. The van der Waals surface area contributed by atoms with Gasteiger partial charge in [-0.05, 0) is 54.8 Å². The molecule has 0 aromatic heterocycles. The van der Waals surface area contributed by atoms with Crippen molar-refractivity contribution in [2.75, 3.05) is 13.1 Å². The first kappa shape index (κ1) is 19.9. The van der Waals surface area contributed by atoms with Crippen LogP contribution < -0.4 is 0 Å². The van der Waals surface area contributed by atoms with Crippen LogP contribution in [0.2, 0.25) is 0 Å². The molecule has 2 aromatic rings. The molecule has 0 saturated carbocycles. The molecule has 1 fully saturated rings. The molecular weight excluding hydrogens is 423 g/mol. The van der Waals surface area contributed by atoms with Crippen LogP contribution in [0.5, 0.6) is 0 Å². The highest BCUT2D eigenvalue weighted by Crippen LogP contribution is 2.29. The van der Waals surface area contributed by atoms with Crippen LogP contribution in [0.4, 0.5) is 13.2 Å². The van der Waals surface area contributed by atoms with Crippen molar-refractivity contribution in [3.63, 3.8) is 0 Å². The Kier molecular flexibility index (Phi) is 6.22. The lowest BCUT2D eigenvalue weighted by atomic mass is 10.1. The third-order valence-corrected chi connectivity index (χ3v) is 5.05. The van der Waals surface area contributed by atoms with Crippen LogP contribution in [0.25, 0.3) is 0 Å². The number of benzene rings is 2. The molecule has 0 aliphatic carbocycles. The minimum absolute atomic E-state index is 0.0826. The van der Waals surface area contributed by atoms with E-state index in [9.17, 15) is 18.0 Å². The SMILES string of the molecule is O=C(c1ccc(C(F)(F)F)cc1)N1CCCC(OCc2ccc(Br)cc2)C1. The number of piperidine rings is 1. The van der Waals surface area contributed by atoms with Gasteiger partial charge < -0.3 is 9.64 Å². The summed E-state index contributed by atoms with van der Waals surface area (Å²) in [6, 6.07) is 12.2. The molecule has 144 valence electrons. The zero-order chi connectivity index (χ0) is 19.4. The van der Waals surface area contributed by atoms with Gasteiger partial charge >= 0.3 is 6.18 Å². The zero-order valence-corrected chi connectivity index (χ0v) is 16.1. The highest BCUT2D eigenvalue weighted by molar-refractivity contribution is 9.10. The molecule has 0 bridgehead atoms. The molecule has 1 atom stereocenters. The fourth-order valence-corrected chi connectivity index (χ4v) is 3.30. The van der Waals surface area contributed by atoms with Gasteiger partial charge in [0.15, 0.2) is 0 Å². The average Bonchev–Trinajstić information content (AvgIpc) is 2.67. The van der Waals surface area contributed by atoms with E-state index in [-0.39, 0.29) is 17.6 Å². The van der Waals surface area contributed by atoms with Crippen LogP contribution >= 0.6 is 15.9 Å². The standard InChI is InChI=1S/C20H19BrF3NO2/c21-17-9-3-14(4-10-17)13-27-18-2-1-11-25(12-18)19(26)15-5-7-16(8-6-15)20(22,23)24/h3-10,18H,1-2,11-13H2. The largest absolute Gasteiger partial charge is 0.416 e. The monoisotopic (exact) mass is 441 g/mol. The molecule has 27 heavy (non-hydrogen) atoms. The van der Waals surface area contributed by atoms with E-state index >= 15 is 0 Å². The lowest BCUT2D eigenvalue weighted by molar-refractivity contribution is -0.137. The first-order valence-electron chi connectivity index (χ1n) is 8.65. The molecule has 3 nitrogen and oxygen atoms in total. The molecule has 1 heterocycles. The topological polar surface area (TPSA) is 29.5 Å². The van der Waals surface area contributed by atoms with Gasteiger partial charge in [0.1, 0.15) is 0 Å². The molecule has 0 spiro atoms. The third kappa shape index (κ3) is 5.32. The molecular formula is C20H19BrF3NO2. The maximum absolute atomic E-state index is 12.7. The summed E-state index contributed by atoms with van der Waals surface area (Å²) < 4.78 is 44.9. The number of carbonyl (C=O) groups is 1. The number of likely N-dealkylation sites (tertiary alicyclic amines) is 1. The van der Waals surface area contributed by atoms with Crippen LogP contribution in [0, 0.1) is 0 Å². The van der Waals surface area contributed by atoms with Gasteiger partial charge in [-0.15, -0.1) is 0 Å². The second-order valence-electron chi connectivity index (χ2n) is 6.53. The van der Waals surface area contributed by atoms with E-state index in [1.807, 2.05) is 24.3 Å². The second-order valence-corrected chi connectivity index (χ2v) is 7.44. The van der Waals surface area contributed by atoms with Gasteiger partial charge in [-0.1, -0.05) is 28.1 Å². The molecule has 7 heteroatoms. The smallest absolute Gasteiger partial charge is 0.372 e. The van der Waals surface area contributed by atoms with Crippen molar-refractivity contribution in [1.82, 2.24) is 4.90 Å². The molecule has 1 unspecified atom stereocenters. The Morgan fingerprint density at radius 3 is 2.41 bits per heavy atom. The molecule has 0 radical (unpaired) electrons. The second kappa shape index (κ2) is 8.44. The number of alkyl halides is 3. The number of carbonyl (C=O) groups excluding carboxylic acids is 1. The Bertz CT molecular complexity index is 775. The van der Waals surface area contributed by atoms with E-state index in [1.165, 1.54) is 12.1 Å². The molecule has 0 N–H and O–H groups in total. The minimum atomic E-state index is -4.40. The van der Waals surface area contributed by atoms with Crippen LogP contribution in [-0.4, -0.2) is 30.0 Å². The lowest BCUT2D eigenvalue weighted by Gasteiger charge is -2.32. The van der Waals surface area contributed by atoms with Crippen molar-refractivity contribution in [3.8, 4) is 0 Å². The van der Waals surface area contributed by atoms with Gasteiger partial charge in [-0.2, -0.15) is 13.2 Å². The van der Waals surface area contributed by atoms with E-state index in [1.54, 1.807) is 4.90 Å². The fraction of sp³-hybridized carbons (Fsp3) is 0.350. The van der Waals surface area contributed by atoms with Crippen molar-refractivity contribution in [3.05, 3.63) is 69.7 Å². The first-order valence-corrected chi connectivity index (χ1v) is 9.45. The molecule has 1 amide bonds. The predicted molar refractivity (Wildman–Crippen MR) is 99.3 cm³/mol. The van der Waals surface area contributed by atoms with E-state index in [0.29, 0.717) is 19.7 Å². The van der Waals surface area contributed by atoms with Gasteiger partial charge in [-0.25, -0.2) is 0 Å². The van der Waals surface area contributed by atoms with E-state index in [0.717, 1.165) is 35.0 Å². The molecule has 1 aliphatic heterocycles. The highest BCUT2D eigenvalue weighted by Gasteiger charge is 2.31. The summed E-state index contributed by atoms with van der Waals surface area (Å²) in [6.45, 7) is 1.48. The van der Waals surface area contributed by atoms with Crippen molar-refractivity contribution in [2.24, 2.45) is 0 Å². The minimum Gasteiger partial charge on any atom is -0.372 e. The number of amides is 1. The zero-order valence-electron chi connectivity index (χ0n) is 14.5. The number of hydrogen-bond acceptors (Lipinski definition) is 2. The van der Waals surface area contributed by atoms with Crippen molar-refractivity contribution < 1.29 is 22.7 Å². The lowest BCUT2D eigenvalue weighted by Crippen LogP contribution is -2.43. The summed E-state index contributed by atoms with van der Waals surface area (Å²) >= 11 is 3.39. The van der Waals surface area contributed by atoms with Gasteiger partial charge in [-0.3, -0.25) is 4.79 Å². The molecule has 2 aromatic carbocycles. The van der Waals surface area contributed by atoms with E-state index in [2.05, 4.69) is 15.9 Å². The van der Waals surface area contributed by atoms with Crippen LogP contribution in [0.15, 0.2) is 53.0 Å². The predicted octanol–water partition coefficient (Wildman–Crippen LogP) is 5.29. The first-order chi connectivity index (χ1) is 12.8. The summed E-state index contributed by atoms with van der Waals surface area (Å²) in [5.74, 6) is -0.263. The Balaban J connectivity index is 1.58. The molecule has 1 aliphatic rings. The quantitative estimate of drug-likeness (QED) is 0.644. The summed E-state index contributed by atoms with van der Waals surface area (Å²) in [7, 11) is 0. The summed E-state index contributed by atoms with van der Waals surface area (Å²) in [6.07, 6.45) is -2.83. The maximum Gasteiger partial charge on any atom is 0.416 e. The number of ether oxygens (including phenoxy) is 1. The van der Waals surface area contributed by atoms with Crippen LogP contribution in [0.1, 0.15) is 34.3 Å². The maximum atomic E-state index is 12.7. The Hall–Kier alpha value is -1.86. The van der Waals surface area contributed by atoms with E-state index < -0.39 is 11.7 Å². The van der Waals surface area contributed by atoms with Gasteiger partial charge in [0.25, 0.3) is 5.91 Å². The number of halogens is 4. The normalized spacial score (nSPS) is 17.8. The Morgan fingerprint density at radius 1 is 1.11 bits per heavy atom. The Labute approximate surface area is 164 Å². The molecule has 3 rings (SSSR count).